The number of hydrogen-bond donors (Lipinski definition) is 0. The third-order valence-electron chi connectivity index (χ3n) is 6.11. The third-order valence-corrected chi connectivity index (χ3v) is 9.00. The second-order valence-electron chi connectivity index (χ2n) is 7.96. The lowest BCUT2D eigenvalue weighted by molar-refractivity contribution is -0.137. The fourth-order valence-corrected chi connectivity index (χ4v) is 6.74. The number of piperidine rings is 1. The van der Waals surface area contributed by atoms with Gasteiger partial charge in [-0.25, -0.2) is 8.42 Å². The van der Waals surface area contributed by atoms with Crippen molar-refractivity contribution < 1.29 is 18.0 Å². The molecule has 0 saturated carbocycles. The predicted octanol–water partition coefficient (Wildman–Crippen LogP) is 3.72. The Kier molecular flexibility index (Phi) is 6.09. The Hall–Kier alpha value is -2.03. The number of carbonyl (C=O) groups excluding carboxylic acids is 2. The molecule has 2 aromatic rings. The lowest BCUT2D eigenvalue weighted by Gasteiger charge is -2.34. The van der Waals surface area contributed by atoms with E-state index in [1.807, 2.05) is 16.3 Å². The smallest absolute Gasteiger partial charge is 0.243 e. The molecule has 160 valence electrons. The molecule has 0 N–H and O–H groups in total. The summed E-state index contributed by atoms with van der Waals surface area (Å²) in [7, 11) is -3.62. The molecule has 2 aliphatic rings. The van der Waals surface area contributed by atoms with Crippen molar-refractivity contribution >= 4 is 33.1 Å². The largest absolute Gasteiger partial charge is 0.335 e. The van der Waals surface area contributed by atoms with Crippen LogP contribution >= 0.6 is 11.3 Å². The van der Waals surface area contributed by atoms with Crippen LogP contribution in [-0.4, -0.2) is 48.9 Å². The van der Waals surface area contributed by atoms with Gasteiger partial charge in [-0.3, -0.25) is 9.59 Å². The van der Waals surface area contributed by atoms with E-state index in [9.17, 15) is 18.0 Å². The first kappa shape index (κ1) is 21.2. The number of Topliss-reactive ketones (excluding diaryl/α,β-unsaturated/α-hetero) is 1. The first-order chi connectivity index (χ1) is 14.4. The third kappa shape index (κ3) is 4.08. The van der Waals surface area contributed by atoms with E-state index in [0.717, 1.165) is 19.4 Å². The van der Waals surface area contributed by atoms with Crippen molar-refractivity contribution in [3.63, 3.8) is 0 Å². The monoisotopic (exact) mass is 446 g/mol. The van der Waals surface area contributed by atoms with Crippen molar-refractivity contribution in [3.05, 3.63) is 52.2 Å². The Labute approximate surface area is 181 Å². The molecule has 0 aliphatic carbocycles. The van der Waals surface area contributed by atoms with Crippen LogP contribution in [0.5, 0.6) is 0 Å². The van der Waals surface area contributed by atoms with Crippen molar-refractivity contribution in [2.45, 2.75) is 43.5 Å². The molecular weight excluding hydrogens is 420 g/mol. The molecule has 2 fully saturated rings. The molecule has 1 aromatic carbocycles. The van der Waals surface area contributed by atoms with E-state index in [0.29, 0.717) is 31.5 Å². The molecule has 4 rings (SSSR count). The zero-order chi connectivity index (χ0) is 21.3. The highest BCUT2D eigenvalue weighted by Crippen LogP contribution is 2.37. The van der Waals surface area contributed by atoms with Crippen LogP contribution in [0.4, 0.5) is 0 Å². The molecule has 1 atom stereocenters. The maximum atomic E-state index is 13.2. The number of carbonyl (C=O) groups is 2. The van der Waals surface area contributed by atoms with Gasteiger partial charge < -0.3 is 4.90 Å². The van der Waals surface area contributed by atoms with Gasteiger partial charge in [-0.15, -0.1) is 11.3 Å². The Morgan fingerprint density at radius 1 is 1.00 bits per heavy atom. The minimum absolute atomic E-state index is 0.0963. The summed E-state index contributed by atoms with van der Waals surface area (Å²) in [6.07, 6.45) is 3.09. The summed E-state index contributed by atoms with van der Waals surface area (Å²) in [5, 5.41) is 2.04. The van der Waals surface area contributed by atoms with Crippen molar-refractivity contribution in [1.29, 1.82) is 0 Å². The second-order valence-corrected chi connectivity index (χ2v) is 10.9. The number of rotatable bonds is 5. The number of thiophene rings is 1. The van der Waals surface area contributed by atoms with Gasteiger partial charge in [0.25, 0.3) is 0 Å². The Balaban J connectivity index is 1.40. The average molecular weight is 447 g/mol. The molecule has 8 heteroatoms. The number of ketones is 1. The predicted molar refractivity (Wildman–Crippen MR) is 116 cm³/mol. The van der Waals surface area contributed by atoms with Crippen LogP contribution < -0.4 is 0 Å². The zero-order valence-electron chi connectivity index (χ0n) is 17.0. The molecular formula is C22H26N2O4S2. The molecule has 30 heavy (non-hydrogen) atoms. The molecule has 6 nitrogen and oxygen atoms in total. The van der Waals surface area contributed by atoms with E-state index in [1.54, 1.807) is 23.5 Å². The van der Waals surface area contributed by atoms with Crippen molar-refractivity contribution in [2.24, 2.45) is 5.92 Å². The van der Waals surface area contributed by atoms with Crippen molar-refractivity contribution in [1.82, 2.24) is 9.21 Å². The number of nitrogens with zero attached hydrogens (tertiary/aromatic N) is 2. The van der Waals surface area contributed by atoms with Gasteiger partial charge in [-0.2, -0.15) is 4.31 Å². The van der Waals surface area contributed by atoms with Gasteiger partial charge in [0.2, 0.25) is 15.9 Å². The van der Waals surface area contributed by atoms with Gasteiger partial charge in [0.1, 0.15) is 0 Å². The minimum atomic E-state index is -3.62. The van der Waals surface area contributed by atoms with Gasteiger partial charge in [-0.05, 0) is 56.2 Å². The molecule has 3 heterocycles. The van der Waals surface area contributed by atoms with Crippen LogP contribution in [0, 0.1) is 5.92 Å². The van der Waals surface area contributed by atoms with E-state index in [1.165, 1.54) is 28.2 Å². The van der Waals surface area contributed by atoms with Crippen molar-refractivity contribution in [3.8, 4) is 0 Å². The average Bonchev–Trinajstić information content (AvgIpc) is 3.45. The summed E-state index contributed by atoms with van der Waals surface area (Å²) >= 11 is 1.69. The summed E-state index contributed by atoms with van der Waals surface area (Å²) in [6, 6.07) is 10.3. The number of benzene rings is 1. The standard InChI is InChI=1S/C22H26N2O4S2/c1-16(25)17-6-8-19(9-7-17)30(27,28)23-13-10-18(11-14-23)22(26)24-12-2-4-20(24)21-5-3-15-29-21/h3,5-9,15,18,20H,2,4,10-14H2,1H3. The molecule has 2 saturated heterocycles. The van der Waals surface area contributed by atoms with E-state index in [4.69, 9.17) is 0 Å². The molecule has 1 aromatic heterocycles. The fourth-order valence-electron chi connectivity index (χ4n) is 4.40. The highest BCUT2D eigenvalue weighted by molar-refractivity contribution is 7.89. The summed E-state index contributed by atoms with van der Waals surface area (Å²) in [6.45, 7) is 2.91. The maximum absolute atomic E-state index is 13.2. The number of sulfonamides is 1. The van der Waals surface area contributed by atoms with Crippen LogP contribution in [0.2, 0.25) is 0 Å². The minimum Gasteiger partial charge on any atom is -0.335 e. The first-order valence-corrected chi connectivity index (χ1v) is 12.6. The lowest BCUT2D eigenvalue weighted by atomic mass is 9.96. The van der Waals surface area contributed by atoms with Crippen LogP contribution in [0.15, 0.2) is 46.7 Å². The van der Waals surface area contributed by atoms with E-state index < -0.39 is 10.0 Å². The van der Waals surface area contributed by atoms with Gasteiger partial charge in [0.05, 0.1) is 10.9 Å². The van der Waals surface area contributed by atoms with Crippen LogP contribution in [0.1, 0.15) is 53.9 Å². The zero-order valence-corrected chi connectivity index (χ0v) is 18.6. The van der Waals surface area contributed by atoms with Crippen molar-refractivity contribution in [2.75, 3.05) is 19.6 Å². The van der Waals surface area contributed by atoms with Crippen LogP contribution in [0.25, 0.3) is 0 Å². The summed E-state index contributed by atoms with van der Waals surface area (Å²) in [5.74, 6) is -0.0631. The second kappa shape index (κ2) is 8.61. The van der Waals surface area contributed by atoms with E-state index in [2.05, 4.69) is 6.07 Å². The fraction of sp³-hybridized carbons (Fsp3) is 0.455. The quantitative estimate of drug-likeness (QED) is 0.656. The highest BCUT2D eigenvalue weighted by atomic mass is 32.2. The van der Waals surface area contributed by atoms with Gasteiger partial charge in [0, 0.05) is 36.0 Å². The maximum Gasteiger partial charge on any atom is 0.243 e. The topological polar surface area (TPSA) is 74.8 Å². The lowest BCUT2D eigenvalue weighted by Crippen LogP contribution is -2.44. The molecule has 0 spiro atoms. The molecule has 1 amide bonds. The van der Waals surface area contributed by atoms with E-state index >= 15 is 0 Å². The first-order valence-electron chi connectivity index (χ1n) is 10.3. The van der Waals surface area contributed by atoms with Gasteiger partial charge >= 0.3 is 0 Å². The Bertz CT molecular complexity index is 1010. The highest BCUT2D eigenvalue weighted by Gasteiger charge is 2.37. The Morgan fingerprint density at radius 2 is 1.70 bits per heavy atom. The molecule has 1 unspecified atom stereocenters. The van der Waals surface area contributed by atoms with Crippen LogP contribution in [0.3, 0.4) is 0 Å². The summed E-state index contributed by atoms with van der Waals surface area (Å²) in [5.41, 5.74) is 0.490. The summed E-state index contributed by atoms with van der Waals surface area (Å²) < 4.78 is 27.4. The normalized spacial score (nSPS) is 21.1. The summed E-state index contributed by atoms with van der Waals surface area (Å²) in [4.78, 5) is 28.0. The number of likely N-dealkylation sites (tertiary alicyclic amines) is 1. The molecule has 0 bridgehead atoms. The van der Waals surface area contributed by atoms with Gasteiger partial charge in [-0.1, -0.05) is 18.2 Å². The Morgan fingerprint density at radius 3 is 2.30 bits per heavy atom. The van der Waals surface area contributed by atoms with E-state index in [-0.39, 0.29) is 28.5 Å². The van der Waals surface area contributed by atoms with Crippen LogP contribution in [-0.2, 0) is 14.8 Å². The van der Waals surface area contributed by atoms with Gasteiger partial charge in [0.15, 0.2) is 5.78 Å². The number of hydrogen-bond acceptors (Lipinski definition) is 5. The molecule has 2 aliphatic heterocycles. The molecule has 0 radical (unpaired) electrons. The number of amides is 1. The SMILES string of the molecule is CC(=O)c1ccc(S(=O)(=O)N2CCC(C(=O)N3CCCC3c3cccs3)CC2)cc1.